The van der Waals surface area contributed by atoms with Gasteiger partial charge in [-0.2, -0.15) is 0 Å². The van der Waals surface area contributed by atoms with Crippen molar-refractivity contribution in [3.05, 3.63) is 120 Å². The molecule has 0 saturated carbocycles. The van der Waals surface area contributed by atoms with Gasteiger partial charge < -0.3 is 49.4 Å². The van der Waals surface area contributed by atoms with E-state index in [0.717, 1.165) is 11.1 Å². The van der Waals surface area contributed by atoms with Gasteiger partial charge in [-0.3, -0.25) is 38.7 Å². The van der Waals surface area contributed by atoms with Crippen molar-refractivity contribution in [3.8, 4) is 0 Å². The molecule has 2 aliphatic rings. The molecule has 384 valence electrons. The third kappa shape index (κ3) is 17.3. The van der Waals surface area contributed by atoms with E-state index in [1.54, 1.807) is 48.5 Å². The van der Waals surface area contributed by atoms with Crippen LogP contribution in [0.5, 0.6) is 0 Å². The normalized spacial score (nSPS) is 17.2. The number of nitrogens with one attached hydrogen (secondary N) is 4. The van der Waals surface area contributed by atoms with Crippen molar-refractivity contribution in [1.29, 1.82) is 0 Å². The molecule has 24 heteroatoms. The third-order valence-electron chi connectivity index (χ3n) is 11.3. The molecule has 4 amide bonds. The Morgan fingerprint density at radius 2 is 0.986 bits per heavy atom. The molecular formula is C49H58B2N8O14. The minimum Gasteiger partial charge on any atom is -0.508 e. The zero-order valence-electron chi connectivity index (χ0n) is 40.9. The molecule has 2 fully saturated rings. The highest BCUT2D eigenvalue weighted by Gasteiger charge is 2.47. The van der Waals surface area contributed by atoms with Gasteiger partial charge in [-0.15, -0.1) is 0 Å². The van der Waals surface area contributed by atoms with Gasteiger partial charge in [0.05, 0.1) is 50.3 Å². The third-order valence-corrected chi connectivity index (χ3v) is 11.3. The van der Waals surface area contributed by atoms with E-state index < -0.39 is 111 Å². The number of carbonyl (C=O) groups is 8. The number of amides is 4. The van der Waals surface area contributed by atoms with E-state index in [2.05, 4.69) is 41.2 Å². The summed E-state index contributed by atoms with van der Waals surface area (Å²) in [5.74, 6) is -7.84. The largest absolute Gasteiger partial charge is 0.551 e. The van der Waals surface area contributed by atoms with Crippen LogP contribution in [0, 0.1) is 11.8 Å². The van der Waals surface area contributed by atoms with Crippen LogP contribution in [0.25, 0.3) is 0 Å². The second kappa shape index (κ2) is 27.3. The van der Waals surface area contributed by atoms with Gasteiger partial charge in [0.25, 0.3) is 23.8 Å². The molecule has 2 saturated heterocycles. The van der Waals surface area contributed by atoms with Crippen molar-refractivity contribution in [3.63, 3.8) is 0 Å². The molecule has 73 heavy (non-hydrogen) atoms. The van der Waals surface area contributed by atoms with Gasteiger partial charge in [-0.05, 0) is 35.8 Å². The van der Waals surface area contributed by atoms with Gasteiger partial charge in [0, 0.05) is 44.0 Å². The van der Waals surface area contributed by atoms with E-state index in [9.17, 15) is 38.4 Å². The van der Waals surface area contributed by atoms with Crippen LogP contribution in [-0.4, -0.2) is 131 Å². The van der Waals surface area contributed by atoms with Crippen LogP contribution in [0.4, 0.5) is 0 Å². The highest BCUT2D eigenvalue weighted by atomic mass is 16.7. The Balaban J connectivity index is 1.01. The molecule has 2 aliphatic heterocycles. The fourth-order valence-corrected chi connectivity index (χ4v) is 7.83. The van der Waals surface area contributed by atoms with Crippen LogP contribution in [0.1, 0.15) is 91.9 Å². The van der Waals surface area contributed by atoms with Gasteiger partial charge in [0.2, 0.25) is 11.8 Å². The maximum absolute atomic E-state index is 13.9. The quantitative estimate of drug-likeness (QED) is 0.0443. The number of benzene rings is 2. The van der Waals surface area contributed by atoms with Crippen molar-refractivity contribution in [2.75, 3.05) is 13.2 Å². The predicted molar refractivity (Wildman–Crippen MR) is 259 cm³/mol. The van der Waals surface area contributed by atoms with E-state index in [1.807, 2.05) is 39.8 Å². The predicted octanol–water partition coefficient (Wildman–Crippen LogP) is 1.91. The first-order valence-electron chi connectivity index (χ1n) is 24.0. The maximum atomic E-state index is 13.9. The van der Waals surface area contributed by atoms with Crippen LogP contribution >= 0.6 is 0 Å². The van der Waals surface area contributed by atoms with Crippen LogP contribution in [0.15, 0.2) is 97.8 Å². The Morgan fingerprint density at radius 1 is 0.589 bits per heavy atom. The summed E-state index contributed by atoms with van der Waals surface area (Å²) in [6, 6.07) is 15.8. The van der Waals surface area contributed by atoms with E-state index >= 15 is 0 Å². The summed E-state index contributed by atoms with van der Waals surface area (Å²) in [6.45, 7) is 6.99. The van der Waals surface area contributed by atoms with Crippen LogP contribution < -0.4 is 21.3 Å². The molecule has 0 unspecified atom stereocenters. The minimum atomic E-state index is -1.40. The summed E-state index contributed by atoms with van der Waals surface area (Å²) in [7, 11) is -2.80. The van der Waals surface area contributed by atoms with Crippen molar-refractivity contribution < 1.29 is 66.4 Å². The zero-order valence-corrected chi connectivity index (χ0v) is 40.9. The second-order valence-corrected chi connectivity index (χ2v) is 18.2. The zero-order chi connectivity index (χ0) is 52.3. The number of rotatable bonds is 24. The van der Waals surface area contributed by atoms with E-state index in [-0.39, 0.29) is 68.5 Å². The van der Waals surface area contributed by atoms with Gasteiger partial charge >= 0.3 is 26.2 Å². The molecule has 4 N–H and O–H groups in total. The Labute approximate surface area is 422 Å². The number of hydrogen-bond donors (Lipinski definition) is 4. The number of aromatic nitrogens is 4. The van der Waals surface area contributed by atoms with Crippen LogP contribution in [0.3, 0.4) is 0 Å². The molecule has 4 heterocycles. The molecule has 4 aromatic rings. The van der Waals surface area contributed by atoms with Crippen molar-refractivity contribution in [2.24, 2.45) is 11.8 Å². The molecule has 2 aromatic heterocycles. The molecule has 0 aliphatic carbocycles. The topological polar surface area (TPSA) is 292 Å². The average molecular weight is 1000 g/mol. The van der Waals surface area contributed by atoms with Crippen molar-refractivity contribution >= 4 is 61.7 Å². The highest BCUT2D eigenvalue weighted by Crippen LogP contribution is 2.22. The lowest BCUT2D eigenvalue weighted by atomic mass is 9.72. The summed E-state index contributed by atoms with van der Waals surface area (Å²) >= 11 is 0. The van der Waals surface area contributed by atoms with Gasteiger partial charge in [-0.25, -0.2) is 19.6 Å². The first-order valence-corrected chi connectivity index (χ1v) is 24.0. The molecule has 0 radical (unpaired) electrons. The van der Waals surface area contributed by atoms with Crippen LogP contribution in [0.2, 0.25) is 0 Å². The van der Waals surface area contributed by atoms with Crippen molar-refractivity contribution in [1.82, 2.24) is 41.2 Å². The molecule has 0 bridgehead atoms. The molecule has 22 nitrogen and oxygen atoms in total. The van der Waals surface area contributed by atoms with Gasteiger partial charge in [0.15, 0.2) is 12.2 Å². The number of carbonyl (C=O) groups excluding carboxylic acids is 8. The Hall–Kier alpha value is -7.59. The lowest BCUT2D eigenvalue weighted by Crippen LogP contribution is -2.59. The number of ether oxygens (including phenoxy) is 2. The summed E-state index contributed by atoms with van der Waals surface area (Å²) in [5, 5.41) is 11.1. The minimum absolute atomic E-state index is 0.000378. The lowest BCUT2D eigenvalue weighted by molar-refractivity contribution is -0.164. The fraction of sp³-hybridized carbons (Fsp3) is 0.429. The number of nitrogens with zero attached hydrogens (tertiary/aromatic N) is 4. The maximum Gasteiger partial charge on any atom is 0.551 e. The standard InChI is InChI=1S/C49H58B2N8O14/c1-30(2)22-40(58-44(62)34(24-32-12-7-5-8-13-32)56-46(64)36-28-52-16-18-54-36)50-70-38(26-42(60)72-50)48(66)68-20-11-21-69-49(67)39-27-43(61)73-51(71-39)41(23-31(3)4)59-45(63)35(25-33-14-9-6-10-15-33)57-47(65)37-29-53-17-19-55-37/h5-10,12-19,28-31,34-35,38-41H,11,20-27H2,1-4H3,(H,56,64)(H,57,65)(H,58,62)(H,59,63)/t34-,35-,38-,39-,40-,41-/m0/s1. The highest BCUT2D eigenvalue weighted by molar-refractivity contribution is 6.50. The smallest absolute Gasteiger partial charge is 0.508 e. The lowest BCUT2D eigenvalue weighted by Gasteiger charge is -2.32. The van der Waals surface area contributed by atoms with E-state index in [1.165, 1.54) is 37.2 Å². The number of hydrogen-bond acceptors (Lipinski definition) is 18. The van der Waals surface area contributed by atoms with E-state index in [0.29, 0.717) is 0 Å². The summed E-state index contributed by atoms with van der Waals surface area (Å²) in [6.07, 6.45) is 5.02. The summed E-state index contributed by atoms with van der Waals surface area (Å²) in [4.78, 5) is 122. The van der Waals surface area contributed by atoms with Crippen molar-refractivity contribution in [2.45, 2.75) is 109 Å². The number of esters is 2. The SMILES string of the molecule is CC(C)C[C@H](NC(=O)[C@H](Cc1ccccc1)NC(=O)c1cnccn1)B1OC(=O)C[C@@H](C(=O)OCCCOC(=O)[C@@H]2CC(=O)OB([C@H](CC(C)C)NC(=O)[C@H](Cc3ccccc3)NC(=O)c3cnccn3)O2)O1. The first kappa shape index (κ1) is 54.7. The Kier molecular flexibility index (Phi) is 20.5. The monoisotopic (exact) mass is 1000 g/mol. The fourth-order valence-electron chi connectivity index (χ4n) is 7.83. The molecule has 0 spiro atoms. The Morgan fingerprint density at radius 3 is 1.34 bits per heavy atom. The first-order chi connectivity index (χ1) is 35.1. The average Bonchev–Trinajstić information content (AvgIpc) is 3.38. The van der Waals surface area contributed by atoms with Gasteiger partial charge in [-0.1, -0.05) is 88.4 Å². The second-order valence-electron chi connectivity index (χ2n) is 18.2. The molecule has 2 aromatic carbocycles. The van der Waals surface area contributed by atoms with Crippen LogP contribution in [-0.2, 0) is 69.7 Å². The molecule has 6 atom stereocenters. The summed E-state index contributed by atoms with van der Waals surface area (Å²) in [5.41, 5.74) is 1.51. The van der Waals surface area contributed by atoms with E-state index in [4.69, 9.17) is 28.1 Å². The Bertz CT molecular complexity index is 2330. The molecular weight excluding hydrogens is 946 g/mol. The summed E-state index contributed by atoms with van der Waals surface area (Å²) < 4.78 is 33.7. The molecule has 6 rings (SSSR count). The van der Waals surface area contributed by atoms with Gasteiger partial charge in [0.1, 0.15) is 23.5 Å².